The Morgan fingerprint density at radius 2 is 1.96 bits per heavy atom. The van der Waals surface area contributed by atoms with Crippen molar-refractivity contribution in [1.82, 2.24) is 5.16 Å². The lowest BCUT2D eigenvalue weighted by molar-refractivity contribution is -0.152. The van der Waals surface area contributed by atoms with E-state index in [-0.39, 0.29) is 6.42 Å². The minimum absolute atomic E-state index is 0.0126. The Morgan fingerprint density at radius 3 is 2.54 bits per heavy atom. The van der Waals surface area contributed by atoms with E-state index in [1.54, 1.807) is 32.0 Å². The molecule has 0 fully saturated rings. The Labute approximate surface area is 151 Å². The summed E-state index contributed by atoms with van der Waals surface area (Å²) >= 11 is 0. The second kappa shape index (κ2) is 8.37. The van der Waals surface area contributed by atoms with E-state index in [0.29, 0.717) is 34.2 Å². The summed E-state index contributed by atoms with van der Waals surface area (Å²) in [6, 6.07) is 5.00. The van der Waals surface area contributed by atoms with Crippen LogP contribution >= 0.6 is 0 Å². The highest BCUT2D eigenvalue weighted by Gasteiger charge is 2.21. The molecule has 0 saturated carbocycles. The Hall–Kier alpha value is -3.03. The molecule has 0 radical (unpaired) electrons. The molecule has 0 spiro atoms. The van der Waals surface area contributed by atoms with Crippen molar-refractivity contribution in [3.63, 3.8) is 0 Å². The van der Waals surface area contributed by atoms with Gasteiger partial charge in [-0.1, -0.05) is 5.16 Å². The highest BCUT2D eigenvalue weighted by molar-refractivity contribution is 5.96. The molecule has 1 atom stereocenters. The molecule has 1 amide bonds. The lowest BCUT2D eigenvalue weighted by atomic mass is 10.1. The number of methoxy groups -OCH3 is 2. The van der Waals surface area contributed by atoms with Crippen molar-refractivity contribution < 1.29 is 28.3 Å². The number of ether oxygens (including phenoxy) is 3. The van der Waals surface area contributed by atoms with E-state index in [1.807, 2.05) is 0 Å². The summed E-state index contributed by atoms with van der Waals surface area (Å²) in [6.45, 7) is 4.95. The molecule has 26 heavy (non-hydrogen) atoms. The first-order valence-electron chi connectivity index (χ1n) is 7.99. The summed E-state index contributed by atoms with van der Waals surface area (Å²) < 4.78 is 20.6. The van der Waals surface area contributed by atoms with Gasteiger partial charge in [0.05, 0.1) is 32.0 Å². The van der Waals surface area contributed by atoms with Crippen LogP contribution in [0.25, 0.3) is 0 Å². The summed E-state index contributed by atoms with van der Waals surface area (Å²) in [5.41, 5.74) is 1.71. The molecule has 8 nitrogen and oxygen atoms in total. The van der Waals surface area contributed by atoms with Crippen LogP contribution in [-0.2, 0) is 20.7 Å². The third kappa shape index (κ3) is 4.53. The largest absolute Gasteiger partial charge is 0.497 e. The van der Waals surface area contributed by atoms with Crippen molar-refractivity contribution >= 4 is 17.6 Å². The molecular weight excluding hydrogens is 340 g/mol. The van der Waals surface area contributed by atoms with Gasteiger partial charge in [-0.25, -0.2) is 0 Å². The van der Waals surface area contributed by atoms with Crippen LogP contribution in [0.15, 0.2) is 22.7 Å². The van der Waals surface area contributed by atoms with Crippen molar-refractivity contribution in [2.45, 2.75) is 33.3 Å². The topological polar surface area (TPSA) is 99.9 Å². The lowest BCUT2D eigenvalue weighted by Gasteiger charge is -2.16. The molecule has 2 aromatic rings. The zero-order valence-electron chi connectivity index (χ0n) is 15.4. The van der Waals surface area contributed by atoms with Crippen LogP contribution in [0.4, 0.5) is 5.69 Å². The van der Waals surface area contributed by atoms with Crippen LogP contribution < -0.4 is 14.8 Å². The molecular formula is C18H22N2O6. The molecule has 1 heterocycles. The number of esters is 1. The number of hydrogen-bond acceptors (Lipinski definition) is 7. The zero-order chi connectivity index (χ0) is 19.3. The van der Waals surface area contributed by atoms with Gasteiger partial charge in [-0.2, -0.15) is 0 Å². The number of anilines is 1. The van der Waals surface area contributed by atoms with Crippen molar-refractivity contribution in [3.8, 4) is 11.5 Å². The summed E-state index contributed by atoms with van der Waals surface area (Å²) in [4.78, 5) is 24.4. The van der Waals surface area contributed by atoms with Gasteiger partial charge in [-0.3, -0.25) is 9.59 Å². The van der Waals surface area contributed by atoms with E-state index in [4.69, 9.17) is 18.7 Å². The van der Waals surface area contributed by atoms with Gasteiger partial charge in [-0.05, 0) is 32.9 Å². The number of amides is 1. The Morgan fingerprint density at radius 1 is 1.23 bits per heavy atom. The smallest absolute Gasteiger partial charge is 0.311 e. The maximum absolute atomic E-state index is 12.3. The first kappa shape index (κ1) is 19.3. The minimum atomic E-state index is -0.987. The normalized spacial score (nSPS) is 11.6. The predicted octanol–water partition coefficient (Wildman–Crippen LogP) is 2.42. The molecule has 1 unspecified atom stereocenters. The van der Waals surface area contributed by atoms with Gasteiger partial charge in [0, 0.05) is 11.6 Å². The summed E-state index contributed by atoms with van der Waals surface area (Å²) in [5.74, 6) is 0.554. The highest BCUT2D eigenvalue weighted by atomic mass is 16.5. The molecule has 0 aliphatic heterocycles. The number of carbonyl (C=O) groups excluding carboxylic acids is 2. The number of nitrogens with one attached hydrogen (secondary N) is 1. The fourth-order valence-electron chi connectivity index (χ4n) is 2.34. The van der Waals surface area contributed by atoms with Gasteiger partial charge in [0.2, 0.25) is 0 Å². The number of nitrogens with zero attached hydrogens (tertiary/aromatic N) is 1. The molecule has 140 valence electrons. The van der Waals surface area contributed by atoms with Crippen molar-refractivity contribution in [2.75, 3.05) is 19.5 Å². The van der Waals surface area contributed by atoms with Gasteiger partial charge in [-0.15, -0.1) is 0 Å². The number of benzene rings is 1. The van der Waals surface area contributed by atoms with Crippen LogP contribution in [0.3, 0.4) is 0 Å². The van der Waals surface area contributed by atoms with Crippen molar-refractivity contribution in [2.24, 2.45) is 0 Å². The average molecular weight is 362 g/mol. The first-order chi connectivity index (χ1) is 12.3. The summed E-state index contributed by atoms with van der Waals surface area (Å²) in [7, 11) is 3.01. The highest BCUT2D eigenvalue weighted by Crippen LogP contribution is 2.29. The van der Waals surface area contributed by atoms with Gasteiger partial charge < -0.3 is 24.1 Å². The fraction of sp³-hybridized carbons (Fsp3) is 0.389. The second-order valence-electron chi connectivity index (χ2n) is 5.67. The van der Waals surface area contributed by atoms with E-state index in [1.165, 1.54) is 21.1 Å². The molecule has 1 N–H and O–H groups in total. The molecule has 2 rings (SSSR count). The number of carbonyl (C=O) groups is 2. The van der Waals surface area contributed by atoms with Gasteiger partial charge >= 0.3 is 5.97 Å². The maximum Gasteiger partial charge on any atom is 0.311 e. The lowest BCUT2D eigenvalue weighted by Crippen LogP contribution is -2.30. The SMILES string of the molecule is COc1ccc(OC)c(NC(=O)C(C)OC(=O)Cc2c(C)noc2C)c1. The molecule has 1 aromatic carbocycles. The van der Waals surface area contributed by atoms with Gasteiger partial charge in [0.15, 0.2) is 6.10 Å². The quantitative estimate of drug-likeness (QED) is 0.755. The number of rotatable bonds is 7. The van der Waals surface area contributed by atoms with Crippen LogP contribution in [-0.4, -0.2) is 37.4 Å². The van der Waals surface area contributed by atoms with E-state index in [9.17, 15) is 9.59 Å². The van der Waals surface area contributed by atoms with E-state index >= 15 is 0 Å². The average Bonchev–Trinajstić information content (AvgIpc) is 2.93. The predicted molar refractivity (Wildman–Crippen MR) is 93.4 cm³/mol. The third-order valence-electron chi connectivity index (χ3n) is 3.84. The summed E-state index contributed by atoms with van der Waals surface area (Å²) in [6.07, 6.45) is -1.000. The molecule has 8 heteroatoms. The van der Waals surface area contributed by atoms with Gasteiger partial charge in [0.25, 0.3) is 5.91 Å². The number of hydrogen-bond donors (Lipinski definition) is 1. The van der Waals surface area contributed by atoms with Crippen molar-refractivity contribution in [3.05, 3.63) is 35.2 Å². The molecule has 1 aromatic heterocycles. The Bertz CT molecular complexity index is 779. The van der Waals surface area contributed by atoms with Crippen LogP contribution in [0.5, 0.6) is 11.5 Å². The van der Waals surface area contributed by atoms with Crippen LogP contribution in [0.1, 0.15) is 23.9 Å². The van der Waals surface area contributed by atoms with Crippen LogP contribution in [0.2, 0.25) is 0 Å². The van der Waals surface area contributed by atoms with E-state index in [2.05, 4.69) is 10.5 Å². The van der Waals surface area contributed by atoms with E-state index < -0.39 is 18.0 Å². The zero-order valence-corrected chi connectivity index (χ0v) is 15.4. The maximum atomic E-state index is 12.3. The standard InChI is InChI=1S/C18H22N2O6/c1-10-14(11(2)26-20-10)9-17(21)25-12(3)18(22)19-15-8-13(23-4)6-7-16(15)24-5/h6-8,12H,9H2,1-5H3,(H,19,22). The Kier molecular flexibility index (Phi) is 6.21. The molecule has 0 aliphatic rings. The van der Waals surface area contributed by atoms with E-state index in [0.717, 1.165) is 0 Å². The third-order valence-corrected chi connectivity index (χ3v) is 3.84. The fourth-order valence-corrected chi connectivity index (χ4v) is 2.34. The van der Waals surface area contributed by atoms with Crippen molar-refractivity contribution in [1.29, 1.82) is 0 Å². The molecule has 0 aliphatic carbocycles. The first-order valence-corrected chi connectivity index (χ1v) is 7.99. The summed E-state index contributed by atoms with van der Waals surface area (Å²) in [5, 5.41) is 6.46. The molecule has 0 saturated heterocycles. The second-order valence-corrected chi connectivity index (χ2v) is 5.67. The monoisotopic (exact) mass is 362 g/mol. The minimum Gasteiger partial charge on any atom is -0.497 e. The van der Waals surface area contributed by atoms with Crippen LogP contribution in [0, 0.1) is 13.8 Å². The molecule has 0 bridgehead atoms. The number of aromatic nitrogens is 1. The Balaban J connectivity index is 2.00. The number of aryl methyl sites for hydroxylation is 2. The van der Waals surface area contributed by atoms with Gasteiger partial charge in [0.1, 0.15) is 17.3 Å².